The minimum atomic E-state index is -0.417. The summed E-state index contributed by atoms with van der Waals surface area (Å²) in [6, 6.07) is 0. The Hall–Kier alpha value is -0.650. The molecule has 0 aliphatic heterocycles. The highest BCUT2D eigenvalue weighted by Crippen LogP contribution is 2.32. The van der Waals surface area contributed by atoms with Gasteiger partial charge in [0, 0.05) is 25.9 Å². The zero-order valence-electron chi connectivity index (χ0n) is 10.7. The van der Waals surface area contributed by atoms with E-state index in [4.69, 9.17) is 9.47 Å². The van der Waals surface area contributed by atoms with Gasteiger partial charge in [0.25, 0.3) is 0 Å². The first-order chi connectivity index (χ1) is 8.33. The summed E-state index contributed by atoms with van der Waals surface area (Å²) in [6.07, 6.45) is 6.17. The first-order valence-corrected chi connectivity index (χ1v) is 6.42. The number of likely N-dealkylation sites (N-methyl/N-ethyl adjacent to an activating group) is 1. The lowest BCUT2D eigenvalue weighted by Gasteiger charge is -2.37. The van der Waals surface area contributed by atoms with Crippen molar-refractivity contribution in [1.82, 2.24) is 10.6 Å². The van der Waals surface area contributed by atoms with Crippen LogP contribution in [0.4, 0.5) is 0 Å². The molecule has 1 saturated carbocycles. The Morgan fingerprint density at radius 2 is 1.76 bits per heavy atom. The molecule has 5 nitrogen and oxygen atoms in total. The third kappa shape index (κ3) is 5.48. The van der Waals surface area contributed by atoms with Gasteiger partial charge in [0.15, 0.2) is 5.79 Å². The number of rotatable bonds is 9. The van der Waals surface area contributed by atoms with Crippen molar-refractivity contribution in [2.75, 3.05) is 33.4 Å². The Morgan fingerprint density at radius 1 is 1.12 bits per heavy atom. The Balaban J connectivity index is 2.32. The van der Waals surface area contributed by atoms with Crippen molar-refractivity contribution in [2.45, 2.75) is 37.9 Å². The fourth-order valence-electron chi connectivity index (χ4n) is 2.11. The zero-order chi connectivity index (χ0) is 12.4. The molecule has 5 heteroatoms. The van der Waals surface area contributed by atoms with Gasteiger partial charge in [-0.25, -0.2) is 0 Å². The SMILES string of the molecule is CNCCOC1(OCCNC=O)CCCCC1. The molecule has 1 aliphatic carbocycles. The van der Waals surface area contributed by atoms with Gasteiger partial charge in [-0.2, -0.15) is 0 Å². The van der Waals surface area contributed by atoms with Crippen LogP contribution in [0, 0.1) is 0 Å². The van der Waals surface area contributed by atoms with E-state index in [1.165, 1.54) is 6.42 Å². The van der Waals surface area contributed by atoms with E-state index in [1.54, 1.807) is 0 Å². The summed E-state index contributed by atoms with van der Waals surface area (Å²) in [5, 5.41) is 5.66. The second-order valence-electron chi connectivity index (χ2n) is 4.34. The number of hydrogen-bond acceptors (Lipinski definition) is 4. The van der Waals surface area contributed by atoms with Crippen LogP contribution >= 0.6 is 0 Å². The van der Waals surface area contributed by atoms with Crippen LogP contribution in [-0.2, 0) is 14.3 Å². The maximum Gasteiger partial charge on any atom is 0.207 e. The van der Waals surface area contributed by atoms with E-state index in [0.717, 1.165) is 32.2 Å². The number of carbonyl (C=O) groups excluding carboxylic acids is 1. The van der Waals surface area contributed by atoms with E-state index in [1.807, 2.05) is 7.05 Å². The van der Waals surface area contributed by atoms with Crippen LogP contribution in [0.3, 0.4) is 0 Å². The second-order valence-corrected chi connectivity index (χ2v) is 4.34. The largest absolute Gasteiger partial charge is 0.356 e. The third-order valence-electron chi connectivity index (χ3n) is 3.03. The lowest BCUT2D eigenvalue weighted by molar-refractivity contribution is -0.250. The molecule has 0 bridgehead atoms. The van der Waals surface area contributed by atoms with Crippen molar-refractivity contribution in [3.63, 3.8) is 0 Å². The zero-order valence-corrected chi connectivity index (χ0v) is 10.7. The number of ether oxygens (including phenoxy) is 2. The summed E-state index contributed by atoms with van der Waals surface area (Å²) >= 11 is 0. The molecular weight excluding hydrogens is 220 g/mol. The normalized spacial score (nSPS) is 18.9. The first kappa shape index (κ1) is 14.4. The fraction of sp³-hybridized carbons (Fsp3) is 0.917. The molecule has 0 heterocycles. The van der Waals surface area contributed by atoms with Crippen LogP contribution in [0.25, 0.3) is 0 Å². The molecule has 1 fully saturated rings. The highest BCUT2D eigenvalue weighted by atomic mass is 16.7. The van der Waals surface area contributed by atoms with Gasteiger partial charge in [-0.05, 0) is 19.9 Å². The summed E-state index contributed by atoms with van der Waals surface area (Å²) in [7, 11) is 1.91. The maximum atomic E-state index is 10.1. The van der Waals surface area contributed by atoms with Gasteiger partial charge in [0.05, 0.1) is 13.2 Å². The predicted molar refractivity (Wildman–Crippen MR) is 65.7 cm³/mol. The highest BCUT2D eigenvalue weighted by molar-refractivity contribution is 5.45. The molecule has 0 saturated heterocycles. The molecule has 0 aromatic carbocycles. The van der Waals surface area contributed by atoms with Crippen molar-refractivity contribution < 1.29 is 14.3 Å². The lowest BCUT2D eigenvalue weighted by atomic mass is 9.94. The minimum absolute atomic E-state index is 0.417. The first-order valence-electron chi connectivity index (χ1n) is 6.42. The monoisotopic (exact) mass is 244 g/mol. The summed E-state index contributed by atoms with van der Waals surface area (Å²) in [5.41, 5.74) is 0. The van der Waals surface area contributed by atoms with Crippen LogP contribution < -0.4 is 10.6 Å². The van der Waals surface area contributed by atoms with Crippen LogP contribution in [-0.4, -0.2) is 45.5 Å². The number of hydrogen-bond donors (Lipinski definition) is 2. The van der Waals surface area contributed by atoms with Crippen LogP contribution in [0.5, 0.6) is 0 Å². The predicted octanol–water partition coefficient (Wildman–Crippen LogP) is 0.645. The van der Waals surface area contributed by atoms with Gasteiger partial charge >= 0.3 is 0 Å². The quantitative estimate of drug-likeness (QED) is 0.355. The Kier molecular flexibility index (Phi) is 7.16. The standard InChI is InChI=1S/C12H24N2O3/c1-13-7-9-16-12(5-3-2-4-6-12)17-10-8-14-11-15/h11,13H,2-10H2,1H3,(H,14,15). The van der Waals surface area contributed by atoms with E-state index in [0.29, 0.717) is 26.2 Å². The number of nitrogens with one attached hydrogen (secondary N) is 2. The maximum absolute atomic E-state index is 10.1. The third-order valence-corrected chi connectivity index (χ3v) is 3.03. The molecule has 2 N–H and O–H groups in total. The Morgan fingerprint density at radius 3 is 2.35 bits per heavy atom. The summed E-state index contributed by atoms with van der Waals surface area (Å²) in [4.78, 5) is 10.1. The van der Waals surface area contributed by atoms with Gasteiger partial charge in [-0.3, -0.25) is 4.79 Å². The van der Waals surface area contributed by atoms with E-state index in [-0.39, 0.29) is 0 Å². The van der Waals surface area contributed by atoms with Crippen molar-refractivity contribution in [3.8, 4) is 0 Å². The van der Waals surface area contributed by atoms with Crippen molar-refractivity contribution in [3.05, 3.63) is 0 Å². The fourth-order valence-corrected chi connectivity index (χ4v) is 2.11. The summed E-state index contributed by atoms with van der Waals surface area (Å²) < 4.78 is 11.7. The molecule has 0 aromatic rings. The molecule has 0 atom stereocenters. The molecular formula is C12H24N2O3. The van der Waals surface area contributed by atoms with Crippen molar-refractivity contribution >= 4 is 6.41 Å². The van der Waals surface area contributed by atoms with Crippen molar-refractivity contribution in [2.24, 2.45) is 0 Å². The van der Waals surface area contributed by atoms with Gasteiger partial charge in [-0.1, -0.05) is 6.42 Å². The van der Waals surface area contributed by atoms with Gasteiger partial charge in [0.2, 0.25) is 6.41 Å². The molecule has 0 spiro atoms. The average Bonchev–Trinajstić information content (AvgIpc) is 2.36. The molecule has 100 valence electrons. The molecule has 1 rings (SSSR count). The van der Waals surface area contributed by atoms with E-state index in [2.05, 4.69) is 10.6 Å². The van der Waals surface area contributed by atoms with Gasteiger partial charge < -0.3 is 20.1 Å². The van der Waals surface area contributed by atoms with Crippen LogP contribution in [0.2, 0.25) is 0 Å². The van der Waals surface area contributed by atoms with E-state index >= 15 is 0 Å². The van der Waals surface area contributed by atoms with Crippen LogP contribution in [0.1, 0.15) is 32.1 Å². The number of amides is 1. The van der Waals surface area contributed by atoms with Crippen molar-refractivity contribution in [1.29, 1.82) is 0 Å². The van der Waals surface area contributed by atoms with Crippen LogP contribution in [0.15, 0.2) is 0 Å². The average molecular weight is 244 g/mol. The lowest BCUT2D eigenvalue weighted by Crippen LogP contribution is -2.41. The van der Waals surface area contributed by atoms with Gasteiger partial charge in [0.1, 0.15) is 0 Å². The molecule has 1 aliphatic rings. The summed E-state index contributed by atoms with van der Waals surface area (Å²) in [5.74, 6) is -0.417. The number of carbonyl (C=O) groups is 1. The van der Waals surface area contributed by atoms with E-state index in [9.17, 15) is 4.79 Å². The Bertz CT molecular complexity index is 206. The van der Waals surface area contributed by atoms with Gasteiger partial charge in [-0.15, -0.1) is 0 Å². The highest BCUT2D eigenvalue weighted by Gasteiger charge is 2.33. The molecule has 17 heavy (non-hydrogen) atoms. The smallest absolute Gasteiger partial charge is 0.207 e. The minimum Gasteiger partial charge on any atom is -0.356 e. The topological polar surface area (TPSA) is 59.6 Å². The molecule has 0 unspecified atom stereocenters. The Labute approximate surface area is 103 Å². The summed E-state index contributed by atoms with van der Waals surface area (Å²) in [6.45, 7) is 2.55. The van der Waals surface area contributed by atoms with E-state index < -0.39 is 5.79 Å². The molecule has 1 amide bonds. The molecule has 0 radical (unpaired) electrons. The second kappa shape index (κ2) is 8.44. The molecule has 0 aromatic heterocycles.